The van der Waals surface area contributed by atoms with Gasteiger partial charge in [-0.15, -0.1) is 11.8 Å². The summed E-state index contributed by atoms with van der Waals surface area (Å²) in [6.45, 7) is 1.34. The van der Waals surface area contributed by atoms with Crippen LogP contribution in [0.25, 0.3) is 10.2 Å². The number of carbonyl (C=O) groups excluding carboxylic acids is 3. The molecule has 3 aromatic rings. The smallest absolute Gasteiger partial charge is 0.347 e. The van der Waals surface area contributed by atoms with E-state index >= 15 is 0 Å². The molecule has 3 aromatic heterocycles. The number of anilines is 2. The number of carboxylic acids is 2. The largest absolute Gasteiger partial charge is 0.543 e. The lowest BCUT2D eigenvalue weighted by Gasteiger charge is -2.50. The van der Waals surface area contributed by atoms with E-state index in [2.05, 4.69) is 20.4 Å². The third kappa shape index (κ3) is 5.50. The molecule has 19 heteroatoms. The van der Waals surface area contributed by atoms with Crippen molar-refractivity contribution in [2.24, 2.45) is 5.16 Å². The number of aromatic nitrogens is 3. The number of nitrogens with one attached hydrogen (secondary N) is 1. The lowest BCUT2D eigenvalue weighted by Crippen LogP contribution is -2.71. The van der Waals surface area contributed by atoms with Crippen LogP contribution >= 0.6 is 46.0 Å². The number of β-lactam (4-membered cyclic amide) rings is 1. The minimum atomic E-state index is -1.54. The van der Waals surface area contributed by atoms with E-state index in [1.54, 1.807) is 17.0 Å². The molecule has 0 aromatic carbocycles. The summed E-state index contributed by atoms with van der Waals surface area (Å²) in [6.07, 6.45) is 2.06. The Labute approximate surface area is 247 Å². The van der Waals surface area contributed by atoms with Gasteiger partial charge in [0.2, 0.25) is 6.10 Å². The Bertz CT molecular complexity index is 1670. The number of nitrogen functional groups attached to an aromatic ring is 2. The van der Waals surface area contributed by atoms with Crippen molar-refractivity contribution in [2.45, 2.75) is 31.0 Å². The van der Waals surface area contributed by atoms with Gasteiger partial charge < -0.3 is 36.6 Å². The summed E-state index contributed by atoms with van der Waals surface area (Å²) in [5.74, 6) is -4.30. The zero-order valence-electron chi connectivity index (χ0n) is 20.8. The SMILES string of the molecule is C[C@H](O/N=C(\C(=O)N[C@@H]1C(=O)N2C(C(=O)[O-])=C(C[n+]3ccc4sc(N)nc4c3)CSC12)c1nc(N)sc1Cl)C(=O)O. The Morgan fingerprint density at radius 2 is 2.07 bits per heavy atom. The number of thioether (sulfide) groups is 1. The Hall–Kier alpha value is -4.00. The molecule has 5 heterocycles. The second-order valence-electron chi connectivity index (χ2n) is 8.72. The van der Waals surface area contributed by atoms with Crippen LogP contribution in [0.1, 0.15) is 12.6 Å². The Kier molecular flexibility index (Phi) is 7.73. The molecule has 2 aliphatic rings. The molecule has 2 aliphatic heterocycles. The summed E-state index contributed by atoms with van der Waals surface area (Å²) in [5, 5.41) is 27.0. The monoisotopic (exact) mass is 638 g/mol. The second kappa shape index (κ2) is 11.1. The van der Waals surface area contributed by atoms with Crippen LogP contribution in [0.5, 0.6) is 0 Å². The lowest BCUT2D eigenvalue weighted by molar-refractivity contribution is -0.687. The molecule has 1 fully saturated rings. The van der Waals surface area contributed by atoms with Gasteiger partial charge in [-0.1, -0.05) is 39.4 Å². The van der Waals surface area contributed by atoms with E-state index in [9.17, 15) is 24.3 Å². The maximum atomic E-state index is 13.2. The summed E-state index contributed by atoms with van der Waals surface area (Å²) < 4.78 is 2.59. The van der Waals surface area contributed by atoms with Crippen LogP contribution in [0.15, 0.2) is 34.9 Å². The van der Waals surface area contributed by atoms with Crippen LogP contribution in [0.3, 0.4) is 0 Å². The first-order valence-electron chi connectivity index (χ1n) is 11.6. The molecule has 6 N–H and O–H groups in total. The number of halogens is 1. The number of nitrogens with two attached hydrogens (primary N) is 2. The molecule has 1 saturated heterocycles. The molecule has 0 bridgehead atoms. The van der Waals surface area contributed by atoms with Crippen molar-refractivity contribution < 1.29 is 38.8 Å². The van der Waals surface area contributed by atoms with E-state index in [4.69, 9.17) is 33.0 Å². The molecule has 3 atom stereocenters. The van der Waals surface area contributed by atoms with Gasteiger partial charge in [-0.3, -0.25) is 14.5 Å². The fourth-order valence-corrected chi connectivity index (χ4v) is 7.06. The van der Waals surface area contributed by atoms with Gasteiger partial charge in [0.25, 0.3) is 11.8 Å². The molecule has 15 nitrogen and oxygen atoms in total. The van der Waals surface area contributed by atoms with Crippen molar-refractivity contribution in [3.05, 3.63) is 39.8 Å². The number of thiazole rings is 2. The predicted molar refractivity (Wildman–Crippen MR) is 148 cm³/mol. The van der Waals surface area contributed by atoms with Gasteiger partial charge in [-0.25, -0.2) is 14.8 Å². The number of nitrogens with zero attached hydrogens (tertiary/aromatic N) is 5. The zero-order valence-corrected chi connectivity index (χ0v) is 24.0. The van der Waals surface area contributed by atoms with E-state index in [1.807, 2.05) is 6.07 Å². The highest BCUT2D eigenvalue weighted by Crippen LogP contribution is 2.40. The normalized spacial score (nSPS) is 19.5. The van der Waals surface area contributed by atoms with E-state index < -0.39 is 47.0 Å². The minimum absolute atomic E-state index is 0.0112. The molecular formula is C22H19ClN8O7S3. The molecular weight excluding hydrogens is 620 g/mol. The van der Waals surface area contributed by atoms with Crippen LogP contribution in [-0.4, -0.2) is 72.7 Å². The van der Waals surface area contributed by atoms with Crippen LogP contribution in [-0.2, 0) is 30.6 Å². The van der Waals surface area contributed by atoms with Gasteiger partial charge in [0.05, 0.1) is 16.4 Å². The Balaban J connectivity index is 1.37. The molecule has 0 spiro atoms. The average molecular weight is 639 g/mol. The number of carbonyl (C=O) groups is 4. The number of hydrogen-bond acceptors (Lipinski definition) is 14. The molecule has 214 valence electrons. The number of fused-ring (bicyclic) bond motifs is 2. The third-order valence-electron chi connectivity index (χ3n) is 6.00. The molecule has 41 heavy (non-hydrogen) atoms. The highest BCUT2D eigenvalue weighted by atomic mass is 35.5. The summed E-state index contributed by atoms with van der Waals surface area (Å²) in [4.78, 5) is 63.8. The van der Waals surface area contributed by atoms with Gasteiger partial charge in [0.15, 0.2) is 34.9 Å². The summed E-state index contributed by atoms with van der Waals surface area (Å²) in [5.41, 5.74) is 11.6. The number of oxime groups is 1. The first kappa shape index (κ1) is 28.5. The quantitative estimate of drug-likeness (QED) is 0.0972. The summed E-state index contributed by atoms with van der Waals surface area (Å²) >= 11 is 9.55. The number of rotatable bonds is 9. The zero-order chi connectivity index (χ0) is 29.6. The van der Waals surface area contributed by atoms with Crippen molar-refractivity contribution in [3.63, 3.8) is 0 Å². The van der Waals surface area contributed by atoms with Crippen molar-refractivity contribution in [3.8, 4) is 0 Å². The fourth-order valence-electron chi connectivity index (χ4n) is 4.09. The highest BCUT2D eigenvalue weighted by molar-refractivity contribution is 8.00. The van der Waals surface area contributed by atoms with E-state index in [1.165, 1.54) is 30.0 Å². The first-order chi connectivity index (χ1) is 19.4. The van der Waals surface area contributed by atoms with Gasteiger partial charge in [-0.2, -0.15) is 4.57 Å². The first-order valence-corrected chi connectivity index (χ1v) is 14.6. The van der Waals surface area contributed by atoms with Crippen LogP contribution in [0.2, 0.25) is 4.34 Å². The van der Waals surface area contributed by atoms with Gasteiger partial charge >= 0.3 is 5.97 Å². The van der Waals surface area contributed by atoms with Gasteiger partial charge in [-0.05, 0) is 6.92 Å². The number of amides is 2. The highest BCUT2D eigenvalue weighted by Gasteiger charge is 2.53. The summed E-state index contributed by atoms with van der Waals surface area (Å²) in [6, 6.07) is 0.673. The molecule has 0 aliphatic carbocycles. The Morgan fingerprint density at radius 3 is 2.73 bits per heavy atom. The molecule has 1 unspecified atom stereocenters. The number of pyridine rings is 1. The number of hydrogen-bond donors (Lipinski definition) is 4. The molecule has 0 saturated carbocycles. The maximum Gasteiger partial charge on any atom is 0.347 e. The van der Waals surface area contributed by atoms with Crippen molar-refractivity contribution in [2.75, 3.05) is 17.2 Å². The van der Waals surface area contributed by atoms with Gasteiger partial charge in [0.1, 0.15) is 27.0 Å². The molecule has 5 rings (SSSR count). The van der Waals surface area contributed by atoms with Gasteiger partial charge in [0, 0.05) is 17.4 Å². The second-order valence-corrected chi connectivity index (χ2v) is 12.5. The van der Waals surface area contributed by atoms with E-state index in [0.717, 1.165) is 20.9 Å². The lowest BCUT2D eigenvalue weighted by atomic mass is 10.0. The predicted octanol–water partition coefficient (Wildman–Crippen LogP) is -0.844. The van der Waals surface area contributed by atoms with Crippen molar-refractivity contribution in [1.82, 2.24) is 20.2 Å². The average Bonchev–Trinajstić information content (AvgIpc) is 3.45. The van der Waals surface area contributed by atoms with Crippen molar-refractivity contribution >= 4 is 96.0 Å². The molecule has 0 radical (unpaired) electrons. The summed E-state index contributed by atoms with van der Waals surface area (Å²) in [7, 11) is 0. The van der Waals surface area contributed by atoms with E-state index in [-0.39, 0.29) is 33.2 Å². The molecule has 2 amide bonds. The minimum Gasteiger partial charge on any atom is -0.543 e. The number of aliphatic carboxylic acids is 2. The Morgan fingerprint density at radius 1 is 1.34 bits per heavy atom. The van der Waals surface area contributed by atoms with Crippen LogP contribution in [0.4, 0.5) is 10.3 Å². The van der Waals surface area contributed by atoms with E-state index in [0.29, 0.717) is 16.2 Å². The topological polar surface area (TPSA) is 230 Å². The van der Waals surface area contributed by atoms with Crippen molar-refractivity contribution in [1.29, 1.82) is 0 Å². The van der Waals surface area contributed by atoms with Crippen LogP contribution < -0.4 is 26.5 Å². The van der Waals surface area contributed by atoms with Crippen LogP contribution in [0, 0.1) is 0 Å². The number of carboxylic acid groups (broad SMARTS) is 2. The fraction of sp³-hybridized carbons (Fsp3) is 0.273. The maximum absolute atomic E-state index is 13.2. The third-order valence-corrected chi connectivity index (χ3v) is 9.28. The standard InChI is InChI=1S/C22H19ClN8O7S3/c1-7(19(34)35)38-29-12(11-15(23)41-22(25)28-11)16(32)27-13-17(33)31-14(20(36)37)8(6-39-18(13)31)4-30-3-2-10-9(5-30)26-21(24)40-10/h2-3,5,7,13,18H,4,6H2,1H3,(H6-,24,25,26,27,28,32,34,35,36,37)/b29-12-/t7-,13+,18?/m0/s1.